The summed E-state index contributed by atoms with van der Waals surface area (Å²) >= 11 is 0. The van der Waals surface area contributed by atoms with Crippen LogP contribution < -0.4 is 0 Å². The zero-order valence-electron chi connectivity index (χ0n) is 13.6. The molecule has 1 aliphatic heterocycles. The predicted molar refractivity (Wildman–Crippen MR) is 89.4 cm³/mol. The number of nitrogens with zero attached hydrogens (tertiary/aromatic N) is 2. The second-order valence-corrected chi connectivity index (χ2v) is 7.50. The zero-order chi connectivity index (χ0) is 18.7. The minimum absolute atomic E-state index is 0.0452. The molecule has 0 atom stereocenters. The molecule has 2 heterocycles. The van der Waals surface area contributed by atoms with E-state index in [9.17, 15) is 22.0 Å². The highest BCUT2D eigenvalue weighted by molar-refractivity contribution is 7.89. The first-order valence-electron chi connectivity index (χ1n) is 7.84. The predicted octanol–water partition coefficient (Wildman–Crippen LogP) is 2.10. The average molecular weight is 382 g/mol. The van der Waals surface area contributed by atoms with Gasteiger partial charge >= 0.3 is 0 Å². The number of furan rings is 1. The molecule has 0 spiro atoms. The van der Waals surface area contributed by atoms with E-state index in [2.05, 4.69) is 0 Å². The molecule has 1 aromatic carbocycles. The van der Waals surface area contributed by atoms with E-state index < -0.39 is 26.6 Å². The molecule has 0 N–H and O–H groups in total. The maximum atomic E-state index is 13.8. The Hall–Kier alpha value is -2.52. The normalized spacial score (nSPS) is 16.3. The maximum Gasteiger partial charge on any atom is 0.249 e. The molecule has 0 radical (unpaired) electrons. The molecule has 1 amide bonds. The van der Waals surface area contributed by atoms with Gasteiger partial charge in [0.05, 0.1) is 6.26 Å². The average Bonchev–Trinajstić information content (AvgIpc) is 3.13. The van der Waals surface area contributed by atoms with Crippen LogP contribution in [0.15, 0.2) is 52.0 Å². The lowest BCUT2D eigenvalue weighted by atomic mass is 10.3. The van der Waals surface area contributed by atoms with Crippen molar-refractivity contribution in [3.63, 3.8) is 0 Å². The summed E-state index contributed by atoms with van der Waals surface area (Å²) in [6.07, 6.45) is 4.33. The first-order chi connectivity index (χ1) is 12.4. The largest absolute Gasteiger partial charge is 0.465 e. The molecule has 3 rings (SSSR count). The molecular formula is C17H16F2N2O4S. The van der Waals surface area contributed by atoms with Gasteiger partial charge in [0.2, 0.25) is 15.9 Å². The molecule has 26 heavy (non-hydrogen) atoms. The van der Waals surface area contributed by atoms with Crippen LogP contribution in [-0.2, 0) is 14.8 Å². The molecule has 6 nitrogen and oxygen atoms in total. The molecule has 0 saturated carbocycles. The van der Waals surface area contributed by atoms with Crippen molar-refractivity contribution < 1.29 is 26.4 Å². The Balaban J connectivity index is 1.67. The quantitative estimate of drug-likeness (QED) is 0.760. The second kappa shape index (κ2) is 7.38. The van der Waals surface area contributed by atoms with Crippen LogP contribution >= 0.6 is 0 Å². The SMILES string of the molecule is O=C(C=Cc1ccco1)N1CCN(S(=O)(=O)c2c(F)cccc2F)CC1. The molecule has 0 aliphatic carbocycles. The van der Waals surface area contributed by atoms with Crippen molar-refractivity contribution in [1.82, 2.24) is 9.21 Å². The van der Waals surface area contributed by atoms with Crippen molar-refractivity contribution in [2.45, 2.75) is 4.90 Å². The summed E-state index contributed by atoms with van der Waals surface area (Å²) in [4.78, 5) is 12.6. The van der Waals surface area contributed by atoms with Gasteiger partial charge in [0.15, 0.2) is 4.90 Å². The molecule has 1 aliphatic rings. The van der Waals surface area contributed by atoms with Crippen LogP contribution in [0.25, 0.3) is 6.08 Å². The lowest BCUT2D eigenvalue weighted by Gasteiger charge is -2.33. The highest BCUT2D eigenvalue weighted by Crippen LogP contribution is 2.23. The summed E-state index contributed by atoms with van der Waals surface area (Å²) in [5.41, 5.74) is 0. The molecule has 1 fully saturated rings. The van der Waals surface area contributed by atoms with Crippen LogP contribution in [0.1, 0.15) is 5.76 Å². The Morgan fingerprint density at radius 1 is 1.04 bits per heavy atom. The van der Waals surface area contributed by atoms with Crippen LogP contribution in [0, 0.1) is 11.6 Å². The van der Waals surface area contributed by atoms with Gasteiger partial charge in [-0.3, -0.25) is 4.79 Å². The zero-order valence-corrected chi connectivity index (χ0v) is 14.5. The van der Waals surface area contributed by atoms with Gasteiger partial charge in [-0.1, -0.05) is 6.07 Å². The van der Waals surface area contributed by atoms with E-state index in [0.29, 0.717) is 5.76 Å². The monoisotopic (exact) mass is 382 g/mol. The smallest absolute Gasteiger partial charge is 0.249 e. The second-order valence-electron chi connectivity index (χ2n) is 5.63. The summed E-state index contributed by atoms with van der Waals surface area (Å²) in [6.45, 7) is 0.153. The fourth-order valence-electron chi connectivity index (χ4n) is 2.65. The Morgan fingerprint density at radius 3 is 2.27 bits per heavy atom. The van der Waals surface area contributed by atoms with Gasteiger partial charge in [-0.25, -0.2) is 17.2 Å². The standard InChI is InChI=1S/C17H16F2N2O4S/c18-14-4-1-5-15(19)17(14)26(23,24)21-10-8-20(9-11-21)16(22)7-6-13-3-2-12-25-13/h1-7,12H,8-11H2. The van der Waals surface area contributed by atoms with Crippen molar-refractivity contribution in [1.29, 1.82) is 0 Å². The number of carbonyl (C=O) groups is 1. The molecule has 138 valence electrons. The molecule has 1 aromatic heterocycles. The Bertz CT molecular complexity index is 898. The summed E-state index contributed by atoms with van der Waals surface area (Å²) in [5, 5.41) is 0. The van der Waals surface area contributed by atoms with Crippen molar-refractivity contribution in [2.24, 2.45) is 0 Å². The third kappa shape index (κ3) is 3.68. The van der Waals surface area contributed by atoms with Crippen LogP contribution in [-0.4, -0.2) is 49.7 Å². The number of halogens is 2. The number of sulfonamides is 1. The lowest BCUT2D eigenvalue weighted by molar-refractivity contribution is -0.127. The van der Waals surface area contributed by atoms with Crippen LogP contribution in [0.3, 0.4) is 0 Å². The highest BCUT2D eigenvalue weighted by Gasteiger charge is 2.33. The third-order valence-electron chi connectivity index (χ3n) is 4.00. The minimum atomic E-state index is -4.31. The number of piperazine rings is 1. The minimum Gasteiger partial charge on any atom is -0.465 e. The van der Waals surface area contributed by atoms with Gasteiger partial charge in [0.1, 0.15) is 17.4 Å². The number of amides is 1. The number of hydrogen-bond donors (Lipinski definition) is 0. The molecule has 0 bridgehead atoms. The van der Waals surface area contributed by atoms with E-state index in [1.807, 2.05) is 0 Å². The van der Waals surface area contributed by atoms with E-state index in [4.69, 9.17) is 4.42 Å². The Morgan fingerprint density at radius 2 is 1.69 bits per heavy atom. The van der Waals surface area contributed by atoms with Crippen molar-refractivity contribution in [3.8, 4) is 0 Å². The van der Waals surface area contributed by atoms with E-state index in [0.717, 1.165) is 22.5 Å². The maximum absolute atomic E-state index is 13.8. The van der Waals surface area contributed by atoms with E-state index in [1.54, 1.807) is 12.1 Å². The highest BCUT2D eigenvalue weighted by atomic mass is 32.2. The molecule has 1 saturated heterocycles. The third-order valence-corrected chi connectivity index (χ3v) is 5.95. The van der Waals surface area contributed by atoms with Crippen LogP contribution in [0.4, 0.5) is 8.78 Å². The van der Waals surface area contributed by atoms with Gasteiger partial charge in [0, 0.05) is 32.3 Å². The molecule has 2 aromatic rings. The van der Waals surface area contributed by atoms with Crippen molar-refractivity contribution in [2.75, 3.05) is 26.2 Å². The fourth-order valence-corrected chi connectivity index (χ4v) is 4.18. The first-order valence-corrected chi connectivity index (χ1v) is 9.28. The summed E-state index contributed by atoms with van der Waals surface area (Å²) < 4.78 is 58.7. The lowest BCUT2D eigenvalue weighted by Crippen LogP contribution is -2.50. The number of carbonyl (C=O) groups excluding carboxylic acids is 1. The van der Waals surface area contributed by atoms with Crippen molar-refractivity contribution >= 4 is 22.0 Å². The van der Waals surface area contributed by atoms with E-state index >= 15 is 0 Å². The van der Waals surface area contributed by atoms with Gasteiger partial charge in [-0.2, -0.15) is 4.31 Å². The first kappa shape index (κ1) is 18.3. The topological polar surface area (TPSA) is 70.8 Å². The summed E-state index contributed by atoms with van der Waals surface area (Å²) in [6, 6.07) is 6.28. The Labute approximate surface area is 149 Å². The van der Waals surface area contributed by atoms with Gasteiger partial charge in [-0.05, 0) is 30.3 Å². The summed E-state index contributed by atoms with van der Waals surface area (Å²) in [7, 11) is -4.31. The molecular weight excluding hydrogens is 366 g/mol. The fraction of sp³-hybridized carbons (Fsp3) is 0.235. The molecule has 9 heteroatoms. The van der Waals surface area contributed by atoms with Gasteiger partial charge in [-0.15, -0.1) is 0 Å². The van der Waals surface area contributed by atoms with Gasteiger partial charge in [0.25, 0.3) is 0 Å². The van der Waals surface area contributed by atoms with E-state index in [-0.39, 0.29) is 32.1 Å². The number of benzene rings is 1. The van der Waals surface area contributed by atoms with Crippen LogP contribution in [0.5, 0.6) is 0 Å². The number of hydrogen-bond acceptors (Lipinski definition) is 4. The Kier molecular flexibility index (Phi) is 5.19. The number of rotatable bonds is 4. The van der Waals surface area contributed by atoms with Crippen LogP contribution in [0.2, 0.25) is 0 Å². The van der Waals surface area contributed by atoms with Gasteiger partial charge < -0.3 is 9.32 Å². The van der Waals surface area contributed by atoms with Crippen molar-refractivity contribution in [3.05, 3.63) is 60.1 Å². The van der Waals surface area contributed by atoms with E-state index in [1.165, 1.54) is 23.3 Å². The summed E-state index contributed by atoms with van der Waals surface area (Å²) in [5.74, 6) is -2.04. The molecule has 0 unspecified atom stereocenters.